The molecule has 12 heteroatoms. The lowest BCUT2D eigenvalue weighted by molar-refractivity contribution is -0.145. The molecule has 0 aromatic rings. The van der Waals surface area contributed by atoms with Gasteiger partial charge in [-0.05, 0) is 26.7 Å². The Bertz CT molecular complexity index is 798. The van der Waals surface area contributed by atoms with Gasteiger partial charge in [-0.25, -0.2) is 4.79 Å². The molecule has 0 saturated carbocycles. The number of esters is 1. The summed E-state index contributed by atoms with van der Waals surface area (Å²) in [6, 6.07) is -2.97. The molecule has 0 radical (unpaired) electrons. The predicted octanol–water partition coefficient (Wildman–Crippen LogP) is -0.421. The topological polar surface area (TPSA) is 171 Å². The number of amides is 4. The second-order valence-corrected chi connectivity index (χ2v) is 8.15. The Hall–Kier alpha value is -3.44. The molecule has 4 N–H and O–H groups in total. The van der Waals surface area contributed by atoms with Crippen molar-refractivity contribution in [2.75, 3.05) is 20.2 Å². The van der Waals surface area contributed by atoms with Crippen molar-refractivity contribution < 1.29 is 38.6 Å². The summed E-state index contributed by atoms with van der Waals surface area (Å²) in [7, 11) is 1.45. The summed E-state index contributed by atoms with van der Waals surface area (Å²) < 4.78 is 4.71. The van der Waals surface area contributed by atoms with Crippen LogP contribution in [-0.2, 0) is 33.5 Å². The van der Waals surface area contributed by atoms with Crippen LogP contribution in [-0.4, -0.2) is 83.9 Å². The number of carbonyl (C=O) groups excluding carboxylic acids is 5. The van der Waals surface area contributed by atoms with Crippen LogP contribution in [0.15, 0.2) is 12.2 Å². The Morgan fingerprint density at radius 3 is 2.06 bits per heavy atom. The van der Waals surface area contributed by atoms with Gasteiger partial charge in [-0.3, -0.25) is 24.0 Å². The molecule has 0 heterocycles. The molecule has 0 aromatic carbocycles. The van der Waals surface area contributed by atoms with Crippen LogP contribution in [0.2, 0.25) is 0 Å². The number of nitrogens with one attached hydrogen (secondary N) is 3. The Morgan fingerprint density at radius 1 is 0.971 bits per heavy atom. The number of hydrogen-bond acceptors (Lipinski definition) is 7. The molecular weight excluding hydrogens is 448 g/mol. The average Bonchev–Trinajstić information content (AvgIpc) is 2.77. The molecule has 0 spiro atoms. The lowest BCUT2D eigenvalue weighted by atomic mass is 9.98. The van der Waals surface area contributed by atoms with Gasteiger partial charge in [0.15, 0.2) is 6.61 Å². The smallest absolute Gasteiger partial charge is 0.333 e. The van der Waals surface area contributed by atoms with Gasteiger partial charge in [-0.2, -0.15) is 0 Å². The summed E-state index contributed by atoms with van der Waals surface area (Å²) >= 11 is 0. The Labute approximate surface area is 199 Å². The van der Waals surface area contributed by atoms with Crippen LogP contribution in [0.4, 0.5) is 0 Å². The van der Waals surface area contributed by atoms with E-state index in [-0.39, 0.29) is 24.5 Å². The second kappa shape index (κ2) is 14.7. The largest absolute Gasteiger partial charge is 0.480 e. The highest BCUT2D eigenvalue weighted by Crippen LogP contribution is 2.09. The number of aliphatic carboxylic acids is 1. The molecule has 0 aliphatic rings. The summed E-state index contributed by atoms with van der Waals surface area (Å²) in [6.45, 7) is 10.6. The van der Waals surface area contributed by atoms with Crippen LogP contribution in [0, 0.1) is 5.92 Å². The number of carbonyl (C=O) groups is 6. The van der Waals surface area contributed by atoms with Crippen molar-refractivity contribution >= 4 is 35.6 Å². The summed E-state index contributed by atoms with van der Waals surface area (Å²) in [5.41, 5.74) is 0.138. The van der Waals surface area contributed by atoms with Gasteiger partial charge >= 0.3 is 11.9 Å². The van der Waals surface area contributed by atoms with Gasteiger partial charge in [0.2, 0.25) is 17.7 Å². The van der Waals surface area contributed by atoms with Crippen molar-refractivity contribution in [3.8, 4) is 0 Å². The first-order valence-corrected chi connectivity index (χ1v) is 10.9. The lowest BCUT2D eigenvalue weighted by Gasteiger charge is -2.25. The van der Waals surface area contributed by atoms with E-state index in [4.69, 9.17) is 9.84 Å². The number of carboxylic acids is 1. The van der Waals surface area contributed by atoms with Gasteiger partial charge < -0.3 is 30.7 Å². The third-order valence-corrected chi connectivity index (χ3v) is 5.02. The molecule has 12 nitrogen and oxygen atoms in total. The molecule has 192 valence electrons. The van der Waals surface area contributed by atoms with E-state index in [0.29, 0.717) is 6.42 Å². The predicted molar refractivity (Wildman–Crippen MR) is 122 cm³/mol. The first-order chi connectivity index (χ1) is 15.7. The van der Waals surface area contributed by atoms with Crippen LogP contribution in [0.25, 0.3) is 0 Å². The molecule has 3 unspecified atom stereocenters. The molecule has 34 heavy (non-hydrogen) atoms. The Morgan fingerprint density at radius 2 is 1.56 bits per heavy atom. The number of carboxylic acid groups (broad SMARTS) is 1. The van der Waals surface area contributed by atoms with Crippen LogP contribution >= 0.6 is 0 Å². The monoisotopic (exact) mass is 484 g/mol. The van der Waals surface area contributed by atoms with E-state index in [1.54, 1.807) is 6.92 Å². The minimum atomic E-state index is -1.20. The minimum absolute atomic E-state index is 0.00982. The summed E-state index contributed by atoms with van der Waals surface area (Å²) in [5.74, 6) is -4.41. The minimum Gasteiger partial charge on any atom is -0.480 e. The molecule has 0 rings (SSSR count). The third-order valence-electron chi connectivity index (χ3n) is 5.02. The highest BCUT2D eigenvalue weighted by Gasteiger charge is 2.28. The van der Waals surface area contributed by atoms with E-state index in [2.05, 4.69) is 22.5 Å². The first kappa shape index (κ1) is 30.6. The zero-order chi connectivity index (χ0) is 26.6. The van der Waals surface area contributed by atoms with Crippen molar-refractivity contribution in [1.29, 1.82) is 0 Å². The normalized spacial score (nSPS) is 13.9. The molecular formula is C22H36N4O8. The van der Waals surface area contributed by atoms with Crippen molar-refractivity contribution in [3.05, 3.63) is 12.2 Å². The molecule has 4 amide bonds. The number of likely N-dealkylation sites (N-methyl/N-ethyl adjacent to an activating group) is 1. The van der Waals surface area contributed by atoms with E-state index in [1.165, 1.54) is 32.7 Å². The molecule has 0 aliphatic heterocycles. The van der Waals surface area contributed by atoms with Crippen molar-refractivity contribution in [1.82, 2.24) is 20.9 Å². The molecule has 0 fully saturated rings. The summed E-state index contributed by atoms with van der Waals surface area (Å²) in [5, 5.41) is 16.3. The molecule has 4 atom stereocenters. The van der Waals surface area contributed by atoms with E-state index < -0.39 is 60.3 Å². The number of rotatable bonds is 14. The molecule has 0 bridgehead atoms. The Kier molecular flexibility index (Phi) is 13.2. The maximum Gasteiger partial charge on any atom is 0.333 e. The second-order valence-electron chi connectivity index (χ2n) is 8.15. The fraction of sp³-hybridized carbons (Fsp3) is 0.636. The zero-order valence-corrected chi connectivity index (χ0v) is 20.6. The number of nitrogens with zero attached hydrogens (tertiary/aromatic N) is 1. The zero-order valence-electron chi connectivity index (χ0n) is 20.6. The Balaban J connectivity index is 4.76. The summed E-state index contributed by atoms with van der Waals surface area (Å²) in [4.78, 5) is 72.7. The third kappa shape index (κ3) is 10.9. The SMILES string of the molecule is C=C(C)C(=O)OCC(=O)NC(C)C(=O)N(C)CCC(=O)NC(C(=O)N[C@H](C)C(=O)O)C(C)CC. The van der Waals surface area contributed by atoms with Crippen molar-refractivity contribution in [2.45, 2.75) is 65.6 Å². The molecule has 0 saturated heterocycles. The molecule has 0 aromatic heterocycles. The maximum atomic E-state index is 12.4. The fourth-order valence-corrected chi connectivity index (χ4v) is 2.62. The highest BCUT2D eigenvalue weighted by atomic mass is 16.5. The van der Waals surface area contributed by atoms with Crippen LogP contribution in [0.5, 0.6) is 0 Å². The van der Waals surface area contributed by atoms with Crippen LogP contribution in [0.1, 0.15) is 47.5 Å². The fourth-order valence-electron chi connectivity index (χ4n) is 2.62. The van der Waals surface area contributed by atoms with Crippen LogP contribution in [0.3, 0.4) is 0 Å². The quantitative estimate of drug-likeness (QED) is 0.190. The lowest BCUT2D eigenvalue weighted by Crippen LogP contribution is -2.53. The van der Waals surface area contributed by atoms with Crippen molar-refractivity contribution in [2.24, 2.45) is 5.92 Å². The van der Waals surface area contributed by atoms with E-state index >= 15 is 0 Å². The van der Waals surface area contributed by atoms with E-state index in [0.717, 1.165) is 0 Å². The van der Waals surface area contributed by atoms with Gasteiger partial charge in [0.25, 0.3) is 5.91 Å². The maximum absolute atomic E-state index is 12.4. The number of ether oxygens (including phenoxy) is 1. The average molecular weight is 485 g/mol. The highest BCUT2D eigenvalue weighted by molar-refractivity contribution is 5.92. The van der Waals surface area contributed by atoms with E-state index in [9.17, 15) is 28.8 Å². The van der Waals surface area contributed by atoms with Gasteiger partial charge in [-0.1, -0.05) is 26.8 Å². The number of hydrogen-bond donors (Lipinski definition) is 4. The summed E-state index contributed by atoms with van der Waals surface area (Å²) in [6.07, 6.45) is 0.449. The molecule has 0 aliphatic carbocycles. The van der Waals surface area contributed by atoms with Crippen LogP contribution < -0.4 is 16.0 Å². The van der Waals surface area contributed by atoms with Gasteiger partial charge in [0.05, 0.1) is 0 Å². The van der Waals surface area contributed by atoms with Crippen molar-refractivity contribution in [3.63, 3.8) is 0 Å². The van der Waals surface area contributed by atoms with Gasteiger partial charge in [0.1, 0.15) is 18.1 Å². The van der Waals surface area contributed by atoms with Gasteiger partial charge in [-0.15, -0.1) is 0 Å². The first-order valence-electron chi connectivity index (χ1n) is 10.9. The standard InChI is InChI=1S/C22H36N4O8/c1-8-13(4)18(19(29)24-15(6)21(31)32)25-16(27)9-10-26(7)20(30)14(5)23-17(28)11-34-22(33)12(2)3/h13-15,18H,2,8-11H2,1,3-7H3,(H,23,28)(H,24,29)(H,25,27)(H,31,32)/t13?,14?,15-,18?/m1/s1. The van der Waals surface area contributed by atoms with Gasteiger partial charge in [0, 0.05) is 25.6 Å². The van der Waals surface area contributed by atoms with E-state index in [1.807, 2.05) is 6.92 Å².